The number of rotatable bonds is 5. The Labute approximate surface area is 325 Å². The number of fused-ring (bicyclic) bond motifs is 4. The lowest BCUT2D eigenvalue weighted by Crippen LogP contribution is -2.36. The lowest BCUT2D eigenvalue weighted by molar-refractivity contribution is 0.401. The Hall–Kier alpha value is -5.84. The Morgan fingerprint density at radius 1 is 0.500 bits per heavy atom. The molecular weight excluding hydrogens is 709 g/mol. The van der Waals surface area contributed by atoms with Gasteiger partial charge in [0.05, 0.1) is 25.0 Å². The average Bonchev–Trinajstić information content (AvgIpc) is 3.11. The molecule has 2 aliphatic heterocycles. The fourth-order valence-corrected chi connectivity index (χ4v) is 9.60. The molecular formula is C46H48N2O8. The highest BCUT2D eigenvalue weighted by Crippen LogP contribution is 2.56. The van der Waals surface area contributed by atoms with E-state index in [1.165, 1.54) is 26.4 Å². The van der Waals surface area contributed by atoms with Crippen LogP contribution in [0.3, 0.4) is 0 Å². The Kier molecular flexibility index (Phi) is 8.89. The maximum Gasteiger partial charge on any atom is 0.135 e. The molecule has 0 saturated carbocycles. The number of ether oxygens (including phenoxy) is 2. The van der Waals surface area contributed by atoms with Crippen molar-refractivity contribution in [3.05, 3.63) is 81.9 Å². The molecule has 8 N–H and O–H groups in total. The standard InChI is InChI=1S/C46H48N2O8/c1-19-9-25-27(41-31-13-21(3)47-23(5)39(31)33(49)17-35(41)51)15-29(45(53)43(25)37(11-19)55-7)30-16-28(26-10-20(2)12-38(56-8)44(26)46(30)54)42-32-14-22(4)48-24(6)40(32)34(50)18-36(42)52/h9-12,15-18,21-24,47-54H,13-14H2,1-8H3/t21-,22-,23-,24-/m1/s1. The highest BCUT2D eigenvalue weighted by Gasteiger charge is 2.33. The first-order valence-corrected chi connectivity index (χ1v) is 19.0. The molecule has 0 aliphatic carbocycles. The molecule has 290 valence electrons. The number of benzene rings is 6. The Bertz CT molecular complexity index is 2450. The van der Waals surface area contributed by atoms with Crippen LogP contribution in [0.25, 0.3) is 54.9 Å². The Balaban J connectivity index is 1.55. The van der Waals surface area contributed by atoms with Gasteiger partial charge in [-0.1, -0.05) is 12.1 Å². The van der Waals surface area contributed by atoms with Crippen LogP contribution in [0.2, 0.25) is 0 Å². The predicted octanol–water partition coefficient (Wildman–Crippen LogP) is 9.05. The van der Waals surface area contributed by atoms with Crippen LogP contribution in [0.5, 0.6) is 46.0 Å². The summed E-state index contributed by atoms with van der Waals surface area (Å²) in [6, 6.07) is 13.4. The number of methoxy groups -OCH3 is 2. The van der Waals surface area contributed by atoms with E-state index in [-0.39, 0.29) is 69.8 Å². The zero-order valence-corrected chi connectivity index (χ0v) is 32.8. The summed E-state index contributed by atoms with van der Waals surface area (Å²) in [5.74, 6) is 0.187. The van der Waals surface area contributed by atoms with Crippen molar-refractivity contribution in [2.24, 2.45) is 0 Å². The third kappa shape index (κ3) is 5.61. The zero-order valence-electron chi connectivity index (χ0n) is 32.8. The summed E-state index contributed by atoms with van der Waals surface area (Å²) in [6.45, 7) is 11.9. The maximum atomic E-state index is 12.5. The van der Waals surface area contributed by atoms with E-state index in [2.05, 4.69) is 24.5 Å². The van der Waals surface area contributed by atoms with E-state index >= 15 is 0 Å². The minimum atomic E-state index is -0.209. The smallest absolute Gasteiger partial charge is 0.135 e. The summed E-state index contributed by atoms with van der Waals surface area (Å²) < 4.78 is 11.8. The van der Waals surface area contributed by atoms with Gasteiger partial charge in [-0.3, -0.25) is 0 Å². The monoisotopic (exact) mass is 756 g/mol. The lowest BCUT2D eigenvalue weighted by atomic mass is 9.80. The van der Waals surface area contributed by atoms with Gasteiger partial charge in [0.1, 0.15) is 46.0 Å². The van der Waals surface area contributed by atoms with E-state index in [1.54, 1.807) is 12.1 Å². The highest BCUT2D eigenvalue weighted by atomic mass is 16.5. The van der Waals surface area contributed by atoms with Crippen molar-refractivity contribution in [3.8, 4) is 79.4 Å². The Morgan fingerprint density at radius 2 is 0.875 bits per heavy atom. The van der Waals surface area contributed by atoms with Crippen molar-refractivity contribution in [3.63, 3.8) is 0 Å². The second-order valence-corrected chi connectivity index (χ2v) is 15.8. The fourth-order valence-electron chi connectivity index (χ4n) is 9.60. The molecule has 0 aromatic heterocycles. The molecule has 4 atom stereocenters. The van der Waals surface area contributed by atoms with Crippen molar-refractivity contribution in [1.82, 2.24) is 10.6 Å². The van der Waals surface area contributed by atoms with Gasteiger partial charge in [-0.25, -0.2) is 0 Å². The van der Waals surface area contributed by atoms with Crippen molar-refractivity contribution in [2.75, 3.05) is 14.2 Å². The predicted molar refractivity (Wildman–Crippen MR) is 220 cm³/mol. The van der Waals surface area contributed by atoms with E-state index in [1.807, 2.05) is 52.0 Å². The van der Waals surface area contributed by atoms with Gasteiger partial charge in [0.15, 0.2) is 0 Å². The summed E-state index contributed by atoms with van der Waals surface area (Å²) in [6.07, 6.45) is 1.02. The van der Waals surface area contributed by atoms with Crippen LogP contribution in [-0.2, 0) is 12.8 Å². The van der Waals surface area contributed by atoms with E-state index < -0.39 is 0 Å². The summed E-state index contributed by atoms with van der Waals surface area (Å²) in [5.41, 5.74) is 7.27. The average molecular weight is 757 g/mol. The third-order valence-corrected chi connectivity index (χ3v) is 11.7. The molecule has 0 saturated heterocycles. The highest BCUT2D eigenvalue weighted by molar-refractivity contribution is 6.13. The van der Waals surface area contributed by atoms with E-state index in [0.717, 1.165) is 22.3 Å². The second-order valence-electron chi connectivity index (χ2n) is 15.8. The topological polar surface area (TPSA) is 164 Å². The van der Waals surface area contributed by atoms with Gasteiger partial charge in [-0.15, -0.1) is 0 Å². The van der Waals surface area contributed by atoms with Crippen molar-refractivity contribution in [1.29, 1.82) is 0 Å². The molecule has 10 nitrogen and oxygen atoms in total. The molecule has 56 heavy (non-hydrogen) atoms. The minimum absolute atomic E-state index is 0.0136. The summed E-state index contributed by atoms with van der Waals surface area (Å²) in [4.78, 5) is 0. The largest absolute Gasteiger partial charge is 0.507 e. The first-order valence-electron chi connectivity index (χ1n) is 19.0. The molecule has 0 fully saturated rings. The maximum absolute atomic E-state index is 12.5. The van der Waals surface area contributed by atoms with E-state index in [9.17, 15) is 30.6 Å². The van der Waals surface area contributed by atoms with Gasteiger partial charge in [-0.05, 0) is 123 Å². The molecule has 0 bridgehead atoms. The van der Waals surface area contributed by atoms with Gasteiger partial charge in [0.2, 0.25) is 0 Å². The van der Waals surface area contributed by atoms with Gasteiger partial charge in [-0.2, -0.15) is 0 Å². The van der Waals surface area contributed by atoms with Gasteiger partial charge in [0.25, 0.3) is 0 Å². The molecule has 0 amide bonds. The van der Waals surface area contributed by atoms with Crippen molar-refractivity contribution < 1.29 is 40.1 Å². The number of aryl methyl sites for hydroxylation is 2. The Morgan fingerprint density at radius 3 is 1.23 bits per heavy atom. The molecule has 8 rings (SSSR count). The summed E-state index contributed by atoms with van der Waals surface area (Å²) >= 11 is 0. The molecule has 0 spiro atoms. The number of phenols is 6. The van der Waals surface area contributed by atoms with Gasteiger partial charge >= 0.3 is 0 Å². The SMILES string of the molecule is COc1cc(C)cc2c(-c3c(O)cc(O)c4c3C[C@@H](C)N[C@@H]4C)cc(-c3cc(-c4c(O)cc(O)c5c4C[C@@H](C)N[C@@H]5C)c4cc(C)cc(OC)c4c3O)c(O)c12. The van der Waals surface area contributed by atoms with E-state index in [4.69, 9.17) is 9.47 Å². The number of hydrogen-bond acceptors (Lipinski definition) is 10. The fraction of sp³-hybridized carbons (Fsp3) is 0.304. The molecule has 6 aromatic carbocycles. The first-order chi connectivity index (χ1) is 26.6. The van der Waals surface area contributed by atoms with Crippen LogP contribution in [0, 0.1) is 13.8 Å². The third-order valence-electron chi connectivity index (χ3n) is 11.7. The summed E-state index contributed by atoms with van der Waals surface area (Å²) in [7, 11) is 3.06. The van der Waals surface area contributed by atoms with Crippen LogP contribution < -0.4 is 20.1 Å². The number of nitrogens with one attached hydrogen (secondary N) is 2. The minimum Gasteiger partial charge on any atom is -0.507 e. The van der Waals surface area contributed by atoms with Crippen molar-refractivity contribution >= 4 is 21.5 Å². The number of hydrogen-bond donors (Lipinski definition) is 8. The number of phenolic OH excluding ortho intramolecular Hbond substituents is 6. The van der Waals surface area contributed by atoms with Crippen LogP contribution in [-0.4, -0.2) is 56.9 Å². The first kappa shape index (κ1) is 37.1. The molecule has 2 heterocycles. The van der Waals surface area contributed by atoms with E-state index in [0.29, 0.717) is 79.3 Å². The van der Waals surface area contributed by atoms with Gasteiger partial charge < -0.3 is 50.7 Å². The zero-order chi connectivity index (χ0) is 40.1. The second kappa shape index (κ2) is 13.4. The van der Waals surface area contributed by atoms with Crippen LogP contribution in [0.4, 0.5) is 0 Å². The van der Waals surface area contributed by atoms with Gasteiger partial charge in [0, 0.05) is 69.7 Å². The number of aromatic hydroxyl groups is 6. The lowest BCUT2D eigenvalue weighted by Gasteiger charge is -2.32. The van der Waals surface area contributed by atoms with Crippen molar-refractivity contribution in [2.45, 2.75) is 78.6 Å². The normalized spacial score (nSPS) is 19.2. The summed E-state index contributed by atoms with van der Waals surface area (Å²) in [5, 5.41) is 79.7. The molecule has 10 heteroatoms. The van der Waals surface area contributed by atoms with Crippen LogP contribution in [0.15, 0.2) is 48.5 Å². The van der Waals surface area contributed by atoms with Crippen LogP contribution in [0.1, 0.15) is 73.2 Å². The molecule has 0 radical (unpaired) electrons. The molecule has 2 aliphatic rings. The molecule has 0 unspecified atom stereocenters. The van der Waals surface area contributed by atoms with Crippen LogP contribution >= 0.6 is 0 Å². The quantitative estimate of drug-likeness (QED) is 0.0852. The molecule has 6 aromatic rings.